The van der Waals surface area contributed by atoms with Crippen LogP contribution in [0.1, 0.15) is 38.2 Å². The van der Waals surface area contributed by atoms with Gasteiger partial charge in [0.1, 0.15) is 0 Å². The first-order chi connectivity index (χ1) is 20.4. The molecule has 0 radical (unpaired) electrons. The Hall–Kier alpha value is -3.45. The molecule has 9 heteroatoms. The van der Waals surface area contributed by atoms with E-state index in [-0.39, 0.29) is 23.3 Å². The number of aromatic nitrogens is 2. The van der Waals surface area contributed by atoms with Crippen molar-refractivity contribution in [1.29, 1.82) is 5.26 Å². The molecule has 1 aliphatic carbocycles. The molecule has 0 spiro atoms. The van der Waals surface area contributed by atoms with Crippen molar-refractivity contribution in [3.8, 4) is 17.2 Å². The fraction of sp³-hybridized carbons (Fsp3) is 0.545. The lowest BCUT2D eigenvalue weighted by Crippen LogP contribution is -2.52. The van der Waals surface area contributed by atoms with Crippen LogP contribution in [-0.4, -0.2) is 91.5 Å². The van der Waals surface area contributed by atoms with Crippen molar-refractivity contribution >= 4 is 17.1 Å². The summed E-state index contributed by atoms with van der Waals surface area (Å²) in [6.07, 6.45) is 7.30. The van der Waals surface area contributed by atoms with Gasteiger partial charge in [-0.2, -0.15) is 10.4 Å². The number of amides is 1. The Morgan fingerprint density at radius 2 is 1.76 bits per heavy atom. The van der Waals surface area contributed by atoms with E-state index in [9.17, 15) is 4.79 Å². The van der Waals surface area contributed by atoms with Crippen molar-refractivity contribution in [2.24, 2.45) is 11.8 Å². The van der Waals surface area contributed by atoms with E-state index in [1.165, 1.54) is 5.56 Å². The molecule has 0 N–H and O–H groups in total. The molecule has 6 rings (SSSR count). The Bertz CT molecular complexity index is 1420. The van der Waals surface area contributed by atoms with E-state index >= 15 is 0 Å². The zero-order valence-electron chi connectivity index (χ0n) is 25.0. The van der Waals surface area contributed by atoms with Gasteiger partial charge in [0, 0.05) is 89.3 Å². The van der Waals surface area contributed by atoms with Gasteiger partial charge in [-0.25, -0.2) is 4.52 Å². The van der Waals surface area contributed by atoms with Crippen LogP contribution in [0.2, 0.25) is 0 Å². The largest absolute Gasteiger partial charge is 0.383 e. The van der Waals surface area contributed by atoms with E-state index in [0.717, 1.165) is 68.0 Å². The summed E-state index contributed by atoms with van der Waals surface area (Å²) in [4.78, 5) is 19.7. The monoisotopic (exact) mass is 570 g/mol. The fourth-order valence-electron chi connectivity index (χ4n) is 7.03. The second kappa shape index (κ2) is 12.0. The van der Waals surface area contributed by atoms with Gasteiger partial charge in [0.05, 0.1) is 29.5 Å². The van der Waals surface area contributed by atoms with Gasteiger partial charge in [-0.1, -0.05) is 24.3 Å². The molecule has 3 aromatic rings. The van der Waals surface area contributed by atoms with Crippen LogP contribution in [0.25, 0.3) is 16.6 Å². The standard InChI is InChI=1S/C33H42N6O3/c1-24(23-41-2)36-12-9-33(42-3,10-13-36)29-6-4-26(5-7-29)28-20-31-30(8-11-35-39(31)22-28)37-14-16-38(17-15-37)32(40)27-18-25(19-27)21-34/h4-8,11,20,22,24-25,27H,9-10,12-19,23H2,1-3H3/t24-,25?,27?/m1/s1. The first kappa shape index (κ1) is 28.7. The van der Waals surface area contributed by atoms with Crippen LogP contribution in [0.5, 0.6) is 0 Å². The number of carbonyl (C=O) groups excluding carboxylic acids is 1. The Balaban J connectivity index is 1.13. The second-order valence-corrected chi connectivity index (χ2v) is 12.2. The number of nitriles is 1. The Labute approximate surface area is 248 Å². The van der Waals surface area contributed by atoms with Crippen LogP contribution in [0.3, 0.4) is 0 Å². The van der Waals surface area contributed by atoms with E-state index in [0.29, 0.717) is 32.0 Å². The molecule has 9 nitrogen and oxygen atoms in total. The Morgan fingerprint density at radius 1 is 1.05 bits per heavy atom. The third kappa shape index (κ3) is 5.39. The van der Waals surface area contributed by atoms with E-state index in [1.54, 1.807) is 7.11 Å². The maximum atomic E-state index is 12.9. The number of ether oxygens (including phenoxy) is 2. The molecule has 0 unspecified atom stereocenters. The third-order valence-corrected chi connectivity index (χ3v) is 9.86. The van der Waals surface area contributed by atoms with Crippen molar-refractivity contribution in [1.82, 2.24) is 19.4 Å². The van der Waals surface area contributed by atoms with Crippen LogP contribution in [0.4, 0.5) is 5.69 Å². The number of carbonyl (C=O) groups is 1. The highest BCUT2D eigenvalue weighted by molar-refractivity contribution is 5.82. The van der Waals surface area contributed by atoms with Crippen molar-refractivity contribution in [2.45, 2.75) is 44.2 Å². The SMILES string of the molecule is COC[C@@H](C)N1CCC(OC)(c2ccc(-c3cc4c(N5CCN(C(=O)C6CC(C#N)C6)CC5)ccnn4c3)cc2)CC1. The predicted molar refractivity (Wildman–Crippen MR) is 162 cm³/mol. The molecule has 1 atom stereocenters. The number of piperidine rings is 1. The molecule has 222 valence electrons. The number of hydrogen-bond donors (Lipinski definition) is 0. The van der Waals surface area contributed by atoms with Crippen molar-refractivity contribution in [2.75, 3.05) is 65.0 Å². The minimum Gasteiger partial charge on any atom is -0.383 e. The maximum absolute atomic E-state index is 12.9. The molecule has 3 aliphatic rings. The van der Waals surface area contributed by atoms with Gasteiger partial charge >= 0.3 is 0 Å². The lowest BCUT2D eigenvalue weighted by atomic mass is 9.75. The molecule has 42 heavy (non-hydrogen) atoms. The molecule has 1 aromatic carbocycles. The maximum Gasteiger partial charge on any atom is 0.225 e. The fourth-order valence-corrected chi connectivity index (χ4v) is 7.03. The molecule has 3 fully saturated rings. The molecule has 2 aromatic heterocycles. The van der Waals surface area contributed by atoms with Gasteiger partial charge in [-0.3, -0.25) is 9.69 Å². The molecular weight excluding hydrogens is 528 g/mol. The molecule has 1 amide bonds. The number of likely N-dealkylation sites (tertiary alicyclic amines) is 1. The summed E-state index contributed by atoms with van der Waals surface area (Å²) in [7, 11) is 3.60. The summed E-state index contributed by atoms with van der Waals surface area (Å²) in [5, 5.41) is 13.6. The Kier molecular flexibility index (Phi) is 8.22. The smallest absolute Gasteiger partial charge is 0.225 e. The number of benzene rings is 1. The molecule has 0 bridgehead atoms. The average Bonchev–Trinajstić information content (AvgIpc) is 3.46. The summed E-state index contributed by atoms with van der Waals surface area (Å²) in [5.41, 5.74) is 5.45. The summed E-state index contributed by atoms with van der Waals surface area (Å²) in [6.45, 7) is 7.95. The lowest BCUT2D eigenvalue weighted by Gasteiger charge is -2.43. The number of nitrogens with zero attached hydrogens (tertiary/aromatic N) is 6. The van der Waals surface area contributed by atoms with Crippen LogP contribution >= 0.6 is 0 Å². The minimum absolute atomic E-state index is 0.0320. The lowest BCUT2D eigenvalue weighted by molar-refractivity contribution is -0.139. The summed E-state index contributed by atoms with van der Waals surface area (Å²) >= 11 is 0. The highest BCUT2D eigenvalue weighted by Crippen LogP contribution is 2.38. The highest BCUT2D eigenvalue weighted by Gasteiger charge is 2.38. The van der Waals surface area contributed by atoms with E-state index in [1.807, 2.05) is 22.7 Å². The van der Waals surface area contributed by atoms with Crippen molar-refractivity contribution in [3.63, 3.8) is 0 Å². The van der Waals surface area contributed by atoms with Gasteiger partial charge in [-0.05, 0) is 55.9 Å². The number of piperazine rings is 1. The summed E-state index contributed by atoms with van der Waals surface area (Å²) < 4.78 is 13.5. The number of anilines is 1. The van der Waals surface area contributed by atoms with E-state index in [2.05, 4.69) is 70.5 Å². The zero-order chi connectivity index (χ0) is 29.3. The molecule has 2 aliphatic heterocycles. The summed E-state index contributed by atoms with van der Waals surface area (Å²) in [6, 6.07) is 15.8. The second-order valence-electron chi connectivity index (χ2n) is 12.2. The number of methoxy groups -OCH3 is 2. The minimum atomic E-state index is -0.262. The quantitative estimate of drug-likeness (QED) is 0.402. The molecule has 1 saturated carbocycles. The topological polar surface area (TPSA) is 86.3 Å². The molecular formula is C33H42N6O3. The van der Waals surface area contributed by atoms with Gasteiger partial charge in [0.2, 0.25) is 5.91 Å². The summed E-state index contributed by atoms with van der Waals surface area (Å²) in [5.74, 6) is 0.306. The first-order valence-electron chi connectivity index (χ1n) is 15.2. The van der Waals surface area contributed by atoms with Gasteiger partial charge in [0.25, 0.3) is 0 Å². The molecule has 4 heterocycles. The van der Waals surface area contributed by atoms with Crippen molar-refractivity contribution < 1.29 is 14.3 Å². The Morgan fingerprint density at radius 3 is 2.40 bits per heavy atom. The first-order valence-corrected chi connectivity index (χ1v) is 15.2. The zero-order valence-corrected chi connectivity index (χ0v) is 25.0. The van der Waals surface area contributed by atoms with Gasteiger partial charge in [0.15, 0.2) is 0 Å². The van der Waals surface area contributed by atoms with E-state index < -0.39 is 0 Å². The van der Waals surface area contributed by atoms with E-state index in [4.69, 9.17) is 14.7 Å². The third-order valence-electron chi connectivity index (χ3n) is 9.86. The predicted octanol–water partition coefficient (Wildman–Crippen LogP) is 4.17. The average molecular weight is 571 g/mol. The highest BCUT2D eigenvalue weighted by atomic mass is 16.5. The van der Waals surface area contributed by atoms with Crippen LogP contribution in [-0.2, 0) is 19.9 Å². The number of fused-ring (bicyclic) bond motifs is 1. The van der Waals surface area contributed by atoms with Crippen molar-refractivity contribution in [3.05, 3.63) is 54.4 Å². The van der Waals surface area contributed by atoms with Gasteiger partial charge < -0.3 is 19.3 Å². The normalized spacial score (nSPS) is 23.4. The number of hydrogen-bond acceptors (Lipinski definition) is 7. The number of rotatable bonds is 8. The van der Waals surface area contributed by atoms with Crippen LogP contribution in [0.15, 0.2) is 48.8 Å². The van der Waals surface area contributed by atoms with Gasteiger partial charge in [-0.15, -0.1) is 0 Å². The van der Waals surface area contributed by atoms with Crippen LogP contribution < -0.4 is 4.90 Å². The van der Waals surface area contributed by atoms with Crippen LogP contribution in [0, 0.1) is 23.2 Å². The molecule has 2 saturated heterocycles.